The molecule has 0 radical (unpaired) electrons. The van der Waals surface area contributed by atoms with Crippen LogP contribution in [0.2, 0.25) is 0 Å². The molecule has 23 heavy (non-hydrogen) atoms. The van der Waals surface area contributed by atoms with Crippen LogP contribution in [0.15, 0.2) is 48.5 Å². The van der Waals surface area contributed by atoms with Gasteiger partial charge in [-0.2, -0.15) is 0 Å². The Hall–Kier alpha value is -3.17. The molecule has 0 atom stereocenters. The van der Waals surface area contributed by atoms with Gasteiger partial charge in [-0.1, -0.05) is 11.8 Å². The van der Waals surface area contributed by atoms with Crippen LogP contribution in [0.4, 0.5) is 0 Å². The summed E-state index contributed by atoms with van der Waals surface area (Å²) in [5.74, 6) is 11.3. The van der Waals surface area contributed by atoms with Crippen LogP contribution in [0, 0.1) is 23.7 Å². The second-order valence-corrected chi connectivity index (χ2v) is 5.22. The molecule has 0 heterocycles. The fraction of sp³-hybridized carbons (Fsp3) is 0.150. The highest BCUT2D eigenvalue weighted by molar-refractivity contribution is 5.87. The van der Waals surface area contributed by atoms with Crippen LogP contribution in [0.3, 0.4) is 0 Å². The number of benzene rings is 2. The lowest BCUT2D eigenvalue weighted by atomic mass is 10.1. The summed E-state index contributed by atoms with van der Waals surface area (Å²) < 4.78 is 5.67. The van der Waals surface area contributed by atoms with Gasteiger partial charge in [-0.15, -0.1) is 0 Å². The average Bonchev–Trinajstić information content (AvgIpc) is 3.37. The van der Waals surface area contributed by atoms with E-state index in [1.165, 1.54) is 12.1 Å². The zero-order valence-corrected chi connectivity index (χ0v) is 12.4. The molecule has 1 aliphatic rings. The maximum absolute atomic E-state index is 10.7. The third kappa shape index (κ3) is 4.40. The van der Waals surface area contributed by atoms with Gasteiger partial charge >= 0.3 is 5.97 Å². The van der Waals surface area contributed by atoms with E-state index in [1.807, 2.05) is 24.3 Å². The summed E-state index contributed by atoms with van der Waals surface area (Å²) in [5, 5.41) is 8.82. The molecule has 0 amide bonds. The molecule has 3 nitrogen and oxygen atoms in total. The largest absolute Gasteiger partial charge is 0.490 e. The zero-order chi connectivity index (χ0) is 16.1. The molecule has 0 aromatic heterocycles. The molecular weight excluding hydrogens is 288 g/mol. The molecule has 1 saturated carbocycles. The molecule has 0 spiro atoms. The molecule has 0 unspecified atom stereocenters. The van der Waals surface area contributed by atoms with Crippen molar-refractivity contribution >= 4 is 5.97 Å². The molecule has 0 bridgehead atoms. The van der Waals surface area contributed by atoms with Gasteiger partial charge < -0.3 is 9.84 Å². The molecule has 0 saturated heterocycles. The van der Waals surface area contributed by atoms with Crippen molar-refractivity contribution < 1.29 is 14.6 Å². The molecule has 112 valence electrons. The summed E-state index contributed by atoms with van der Waals surface area (Å²) in [6, 6.07) is 14.0. The highest BCUT2D eigenvalue weighted by Gasteiger charge is 2.23. The van der Waals surface area contributed by atoms with E-state index in [1.54, 1.807) is 12.1 Å². The van der Waals surface area contributed by atoms with E-state index in [-0.39, 0.29) is 5.56 Å². The number of carboxylic acid groups (broad SMARTS) is 1. The molecule has 3 heteroatoms. The summed E-state index contributed by atoms with van der Waals surface area (Å²) in [6.45, 7) is 0. The highest BCUT2D eigenvalue weighted by Crippen LogP contribution is 2.26. The number of ether oxygens (including phenoxy) is 1. The number of carboxylic acids is 1. The van der Waals surface area contributed by atoms with Crippen LogP contribution < -0.4 is 4.74 Å². The van der Waals surface area contributed by atoms with Gasteiger partial charge in [-0.05, 0) is 73.2 Å². The summed E-state index contributed by atoms with van der Waals surface area (Å²) in [6.07, 6.45) is 2.68. The lowest BCUT2D eigenvalue weighted by Gasteiger charge is -2.02. The first-order valence-corrected chi connectivity index (χ1v) is 7.33. The minimum Gasteiger partial charge on any atom is -0.490 e. The molecule has 3 rings (SSSR count). The number of aromatic carboxylic acids is 1. The van der Waals surface area contributed by atoms with Crippen molar-refractivity contribution in [1.29, 1.82) is 0 Å². The van der Waals surface area contributed by atoms with Gasteiger partial charge in [0.2, 0.25) is 0 Å². The number of rotatable bonds is 3. The first-order chi connectivity index (χ1) is 11.2. The Kier molecular flexibility index (Phi) is 4.32. The van der Waals surface area contributed by atoms with Crippen LogP contribution in [0.5, 0.6) is 5.75 Å². The minimum absolute atomic E-state index is 0.246. The highest BCUT2D eigenvalue weighted by atomic mass is 16.5. The summed E-state index contributed by atoms with van der Waals surface area (Å²) in [4.78, 5) is 10.7. The number of hydrogen-bond donors (Lipinski definition) is 1. The first-order valence-electron chi connectivity index (χ1n) is 7.33. The van der Waals surface area contributed by atoms with Crippen LogP contribution in [0.25, 0.3) is 0 Å². The summed E-state index contributed by atoms with van der Waals surface area (Å²) in [5.41, 5.74) is 1.86. The third-order valence-corrected chi connectivity index (χ3v) is 3.29. The Morgan fingerprint density at radius 2 is 1.43 bits per heavy atom. The van der Waals surface area contributed by atoms with E-state index in [4.69, 9.17) is 9.84 Å². The van der Waals surface area contributed by atoms with Gasteiger partial charge in [0.1, 0.15) is 5.75 Å². The van der Waals surface area contributed by atoms with Crippen molar-refractivity contribution in [3.05, 3.63) is 65.2 Å². The van der Waals surface area contributed by atoms with E-state index in [2.05, 4.69) is 23.7 Å². The van der Waals surface area contributed by atoms with Gasteiger partial charge in [0.25, 0.3) is 0 Å². The Labute approximate surface area is 134 Å². The van der Waals surface area contributed by atoms with Gasteiger partial charge in [-0.3, -0.25) is 0 Å². The molecule has 2 aromatic carbocycles. The molecule has 1 aliphatic carbocycles. The first kappa shape index (κ1) is 14.8. The molecule has 1 N–H and O–H groups in total. The van der Waals surface area contributed by atoms with Crippen LogP contribution in [-0.2, 0) is 0 Å². The normalized spacial score (nSPS) is 12.3. The van der Waals surface area contributed by atoms with Crippen LogP contribution >= 0.6 is 0 Å². The fourth-order valence-electron chi connectivity index (χ4n) is 1.90. The Balaban J connectivity index is 1.62. The average molecular weight is 302 g/mol. The number of hydrogen-bond acceptors (Lipinski definition) is 2. The van der Waals surface area contributed by atoms with Crippen molar-refractivity contribution in [2.45, 2.75) is 18.9 Å². The smallest absolute Gasteiger partial charge is 0.335 e. The molecule has 0 aliphatic heterocycles. The van der Waals surface area contributed by atoms with Crippen molar-refractivity contribution in [3.63, 3.8) is 0 Å². The number of carbonyl (C=O) groups is 1. The van der Waals surface area contributed by atoms with Gasteiger partial charge in [0.15, 0.2) is 0 Å². The van der Waals surface area contributed by atoms with Crippen molar-refractivity contribution in [3.8, 4) is 29.4 Å². The fourth-order valence-corrected chi connectivity index (χ4v) is 1.90. The summed E-state index contributed by atoms with van der Waals surface area (Å²) >= 11 is 0. The molecular formula is C20H14O3. The molecule has 2 aromatic rings. The van der Waals surface area contributed by atoms with E-state index in [0.717, 1.165) is 29.7 Å². The maximum Gasteiger partial charge on any atom is 0.335 e. The lowest BCUT2D eigenvalue weighted by Crippen LogP contribution is -1.95. The second kappa shape index (κ2) is 6.73. The SMILES string of the molecule is O=C(O)c1ccc(C#CC#Cc2ccc(OC3CC3)cc2)cc1. The van der Waals surface area contributed by atoms with Crippen LogP contribution in [0.1, 0.15) is 34.3 Å². The Bertz CT molecular complexity index is 821. The van der Waals surface area contributed by atoms with E-state index < -0.39 is 5.97 Å². The third-order valence-electron chi connectivity index (χ3n) is 3.29. The van der Waals surface area contributed by atoms with Gasteiger partial charge in [0.05, 0.1) is 11.7 Å². The van der Waals surface area contributed by atoms with Gasteiger partial charge in [0, 0.05) is 11.1 Å². The lowest BCUT2D eigenvalue weighted by molar-refractivity contribution is 0.0697. The van der Waals surface area contributed by atoms with Crippen molar-refractivity contribution in [2.75, 3.05) is 0 Å². The summed E-state index contributed by atoms with van der Waals surface area (Å²) in [7, 11) is 0. The molecule has 1 fully saturated rings. The van der Waals surface area contributed by atoms with E-state index in [0.29, 0.717) is 6.10 Å². The predicted octanol–water partition coefficient (Wildman–Crippen LogP) is 3.33. The maximum atomic E-state index is 10.7. The Morgan fingerprint density at radius 3 is 1.91 bits per heavy atom. The van der Waals surface area contributed by atoms with E-state index >= 15 is 0 Å². The quantitative estimate of drug-likeness (QED) is 0.885. The monoisotopic (exact) mass is 302 g/mol. The minimum atomic E-state index is -0.946. The van der Waals surface area contributed by atoms with Crippen molar-refractivity contribution in [1.82, 2.24) is 0 Å². The Morgan fingerprint density at radius 1 is 0.913 bits per heavy atom. The van der Waals surface area contributed by atoms with Crippen molar-refractivity contribution in [2.24, 2.45) is 0 Å². The van der Waals surface area contributed by atoms with E-state index in [9.17, 15) is 4.79 Å². The predicted molar refractivity (Wildman–Crippen MR) is 87.2 cm³/mol. The second-order valence-electron chi connectivity index (χ2n) is 5.22. The van der Waals surface area contributed by atoms with Crippen LogP contribution in [-0.4, -0.2) is 17.2 Å². The zero-order valence-electron chi connectivity index (χ0n) is 12.4. The standard InChI is InChI=1S/C20H14O3/c21-20(22)17-9-5-15(6-10-17)3-1-2-4-16-7-11-18(12-8-16)23-19-13-14-19/h5-12,19H,13-14H2,(H,21,22). The van der Waals surface area contributed by atoms with Gasteiger partial charge in [-0.25, -0.2) is 4.79 Å². The topological polar surface area (TPSA) is 46.5 Å².